The summed E-state index contributed by atoms with van der Waals surface area (Å²) in [5.74, 6) is 0.698. The number of rotatable bonds is 4. The Hall–Kier alpha value is -3.07. The summed E-state index contributed by atoms with van der Waals surface area (Å²) >= 11 is 0. The molecule has 1 unspecified atom stereocenters. The second-order valence-electron chi connectivity index (χ2n) is 7.35. The van der Waals surface area contributed by atoms with Gasteiger partial charge in [0.15, 0.2) is 5.96 Å². The molecule has 31 heavy (non-hydrogen) atoms. The van der Waals surface area contributed by atoms with Crippen LogP contribution in [-0.2, 0) is 17.3 Å². The lowest BCUT2D eigenvalue weighted by atomic mass is 10.0. The average Bonchev–Trinajstić information content (AvgIpc) is 3.19. The van der Waals surface area contributed by atoms with Gasteiger partial charge < -0.3 is 19.4 Å². The molecule has 1 saturated heterocycles. The molecule has 6 nitrogen and oxygen atoms in total. The Kier molecular flexibility index (Phi) is 6.13. The summed E-state index contributed by atoms with van der Waals surface area (Å²) in [5.41, 5.74) is 1.72. The number of aliphatic imine (C=N–C) groups is 1. The zero-order chi connectivity index (χ0) is 21.8. The third-order valence-electron chi connectivity index (χ3n) is 5.24. The number of nitrogens with zero attached hydrogens (tertiary/aromatic N) is 4. The van der Waals surface area contributed by atoms with Crippen molar-refractivity contribution in [3.05, 3.63) is 71.7 Å². The first-order chi connectivity index (χ1) is 14.9. The highest BCUT2D eigenvalue weighted by Crippen LogP contribution is 2.32. The van der Waals surface area contributed by atoms with Gasteiger partial charge in [0.25, 0.3) is 0 Å². The molecule has 1 aliphatic heterocycles. The molecule has 4 rings (SSSR count). The third kappa shape index (κ3) is 4.99. The van der Waals surface area contributed by atoms with Crippen molar-refractivity contribution in [2.24, 2.45) is 4.99 Å². The Balaban J connectivity index is 1.37. The lowest BCUT2D eigenvalue weighted by molar-refractivity contribution is -0.137. The number of fused-ring (bicyclic) bond motifs is 1. The van der Waals surface area contributed by atoms with Crippen LogP contribution >= 0.6 is 0 Å². The van der Waals surface area contributed by atoms with Crippen LogP contribution in [0.1, 0.15) is 22.9 Å². The Morgan fingerprint density at radius 1 is 1.26 bits per heavy atom. The minimum absolute atomic E-state index is 0.411. The second-order valence-corrected chi connectivity index (χ2v) is 7.35. The standard InChI is InChI=1S/C22H24F3N5O/c1-26-21(27-9-8-18-14-29-10-3-2-7-20(29)28-18)30-11-12-31-19(15-30)16-5-4-6-17(13-16)22(23,24)25/h2-7,10,13-14,19H,8-9,11-12,15H2,1H3,(H,26,27). The number of imidazole rings is 1. The zero-order valence-corrected chi connectivity index (χ0v) is 17.1. The lowest BCUT2D eigenvalue weighted by Crippen LogP contribution is -2.48. The van der Waals surface area contributed by atoms with E-state index in [1.165, 1.54) is 6.07 Å². The molecular formula is C22H24F3N5O. The Morgan fingerprint density at radius 3 is 2.90 bits per heavy atom. The number of halogens is 3. The van der Waals surface area contributed by atoms with Gasteiger partial charge in [-0.3, -0.25) is 4.99 Å². The summed E-state index contributed by atoms with van der Waals surface area (Å²) < 4.78 is 46.9. The van der Waals surface area contributed by atoms with Gasteiger partial charge in [-0.05, 0) is 29.8 Å². The number of benzene rings is 1. The Labute approximate surface area is 178 Å². The van der Waals surface area contributed by atoms with E-state index in [9.17, 15) is 13.2 Å². The van der Waals surface area contributed by atoms with Crippen molar-refractivity contribution in [2.45, 2.75) is 18.7 Å². The highest BCUT2D eigenvalue weighted by molar-refractivity contribution is 5.80. The molecule has 0 amide bonds. The van der Waals surface area contributed by atoms with Gasteiger partial charge in [-0.15, -0.1) is 0 Å². The molecule has 1 aliphatic rings. The number of pyridine rings is 1. The molecule has 2 aromatic heterocycles. The smallest absolute Gasteiger partial charge is 0.370 e. The van der Waals surface area contributed by atoms with Crippen molar-refractivity contribution in [3.63, 3.8) is 0 Å². The molecule has 3 aromatic rings. The van der Waals surface area contributed by atoms with Crippen molar-refractivity contribution in [3.8, 4) is 0 Å². The molecule has 0 radical (unpaired) electrons. The summed E-state index contributed by atoms with van der Waals surface area (Å²) in [7, 11) is 1.70. The number of hydrogen-bond acceptors (Lipinski definition) is 3. The number of nitrogens with one attached hydrogen (secondary N) is 1. The van der Waals surface area contributed by atoms with Crippen molar-refractivity contribution < 1.29 is 17.9 Å². The predicted molar refractivity (Wildman–Crippen MR) is 112 cm³/mol. The predicted octanol–water partition coefficient (Wildman–Crippen LogP) is 3.54. The number of ether oxygens (including phenoxy) is 1. The van der Waals surface area contributed by atoms with E-state index in [0.717, 1.165) is 29.9 Å². The van der Waals surface area contributed by atoms with E-state index in [4.69, 9.17) is 4.74 Å². The number of morpholine rings is 1. The third-order valence-corrected chi connectivity index (χ3v) is 5.24. The Morgan fingerprint density at radius 2 is 2.13 bits per heavy atom. The number of aromatic nitrogens is 2. The fourth-order valence-electron chi connectivity index (χ4n) is 3.70. The maximum Gasteiger partial charge on any atom is 0.416 e. The molecule has 1 atom stereocenters. The topological polar surface area (TPSA) is 54.2 Å². The zero-order valence-electron chi connectivity index (χ0n) is 17.1. The average molecular weight is 431 g/mol. The molecule has 1 N–H and O–H groups in total. The Bertz CT molecular complexity index is 1030. The molecule has 0 saturated carbocycles. The van der Waals surface area contributed by atoms with Crippen LogP contribution in [0.3, 0.4) is 0 Å². The molecule has 164 valence electrons. The molecular weight excluding hydrogens is 407 g/mol. The second kappa shape index (κ2) is 8.97. The van der Waals surface area contributed by atoms with Gasteiger partial charge in [-0.2, -0.15) is 13.2 Å². The molecule has 1 aromatic carbocycles. The van der Waals surface area contributed by atoms with E-state index in [-0.39, 0.29) is 0 Å². The first kappa shape index (κ1) is 21.2. The molecule has 0 aliphatic carbocycles. The van der Waals surface area contributed by atoms with Crippen molar-refractivity contribution in [1.82, 2.24) is 19.6 Å². The number of alkyl halides is 3. The van der Waals surface area contributed by atoms with Crippen LogP contribution in [0.2, 0.25) is 0 Å². The SMILES string of the molecule is CN=C(NCCc1cn2ccccc2n1)N1CCOC(c2cccc(C(F)(F)F)c2)C1. The summed E-state index contributed by atoms with van der Waals surface area (Å²) in [6.07, 6.45) is -0.145. The maximum atomic E-state index is 13.1. The number of guanidine groups is 1. The molecule has 3 heterocycles. The van der Waals surface area contributed by atoms with E-state index in [1.54, 1.807) is 13.1 Å². The molecule has 0 spiro atoms. The van der Waals surface area contributed by atoms with E-state index in [1.807, 2.05) is 39.9 Å². The van der Waals surface area contributed by atoms with Crippen molar-refractivity contribution in [1.29, 1.82) is 0 Å². The first-order valence-electron chi connectivity index (χ1n) is 10.1. The van der Waals surface area contributed by atoms with E-state index in [2.05, 4.69) is 15.3 Å². The van der Waals surface area contributed by atoms with Gasteiger partial charge in [-0.25, -0.2) is 4.98 Å². The van der Waals surface area contributed by atoms with E-state index in [0.29, 0.717) is 37.8 Å². The van der Waals surface area contributed by atoms with Gasteiger partial charge in [-0.1, -0.05) is 18.2 Å². The van der Waals surface area contributed by atoms with Gasteiger partial charge in [0, 0.05) is 39.0 Å². The van der Waals surface area contributed by atoms with Crippen LogP contribution in [0, 0.1) is 0 Å². The molecule has 0 bridgehead atoms. The van der Waals surface area contributed by atoms with Crippen molar-refractivity contribution in [2.75, 3.05) is 33.3 Å². The highest BCUT2D eigenvalue weighted by atomic mass is 19.4. The van der Waals surface area contributed by atoms with Crippen molar-refractivity contribution >= 4 is 11.6 Å². The van der Waals surface area contributed by atoms with E-state index >= 15 is 0 Å². The largest absolute Gasteiger partial charge is 0.416 e. The van der Waals surface area contributed by atoms with Gasteiger partial charge in [0.2, 0.25) is 0 Å². The normalized spacial score (nSPS) is 17.9. The minimum atomic E-state index is -4.38. The van der Waals surface area contributed by atoms with Crippen LogP contribution in [-0.4, -0.2) is 53.5 Å². The van der Waals surface area contributed by atoms with Crippen LogP contribution in [0.15, 0.2) is 59.9 Å². The highest BCUT2D eigenvalue weighted by Gasteiger charge is 2.32. The van der Waals surface area contributed by atoms with Crippen LogP contribution < -0.4 is 5.32 Å². The quantitative estimate of drug-likeness (QED) is 0.507. The minimum Gasteiger partial charge on any atom is -0.370 e. The fourth-order valence-corrected chi connectivity index (χ4v) is 3.70. The molecule has 1 fully saturated rings. The summed E-state index contributed by atoms with van der Waals surface area (Å²) in [6.45, 7) is 2.09. The van der Waals surface area contributed by atoms with Crippen LogP contribution in [0.4, 0.5) is 13.2 Å². The summed E-state index contributed by atoms with van der Waals surface area (Å²) in [6, 6.07) is 11.2. The lowest BCUT2D eigenvalue weighted by Gasteiger charge is -2.35. The summed E-state index contributed by atoms with van der Waals surface area (Å²) in [5, 5.41) is 3.33. The van der Waals surface area contributed by atoms with E-state index < -0.39 is 17.8 Å². The van der Waals surface area contributed by atoms with Crippen LogP contribution in [0.5, 0.6) is 0 Å². The van der Waals surface area contributed by atoms with Gasteiger partial charge >= 0.3 is 6.18 Å². The van der Waals surface area contributed by atoms with Gasteiger partial charge in [0.05, 0.1) is 24.4 Å². The van der Waals surface area contributed by atoms with Crippen LogP contribution in [0.25, 0.3) is 5.65 Å². The van der Waals surface area contributed by atoms with Gasteiger partial charge in [0.1, 0.15) is 11.8 Å². The monoisotopic (exact) mass is 431 g/mol. The molecule has 9 heteroatoms. The fraction of sp³-hybridized carbons (Fsp3) is 0.364. The summed E-state index contributed by atoms with van der Waals surface area (Å²) in [4.78, 5) is 10.9. The first-order valence-corrected chi connectivity index (χ1v) is 10.1. The number of hydrogen-bond donors (Lipinski definition) is 1. The maximum absolute atomic E-state index is 13.1.